The van der Waals surface area contributed by atoms with Gasteiger partial charge < -0.3 is 9.42 Å². The molecule has 1 fully saturated rings. The van der Waals surface area contributed by atoms with Gasteiger partial charge in [0, 0.05) is 45.0 Å². The topological polar surface area (TPSA) is 80.3 Å². The Morgan fingerprint density at radius 3 is 2.86 bits per heavy atom. The number of carbonyl (C=O) groups excluding carboxylic acids is 1. The van der Waals surface area contributed by atoms with Crippen molar-refractivity contribution >= 4 is 17.2 Å². The molecule has 1 amide bonds. The number of hydrogen-bond acceptors (Lipinski definition) is 7. The fraction of sp³-hybridized carbons (Fsp3) is 0.474. The van der Waals surface area contributed by atoms with E-state index in [1.165, 1.54) is 0 Å². The minimum Gasteiger partial charge on any atom is -0.339 e. The van der Waals surface area contributed by atoms with Crippen molar-refractivity contribution in [3.05, 3.63) is 41.9 Å². The summed E-state index contributed by atoms with van der Waals surface area (Å²) in [6.45, 7) is 6.16. The van der Waals surface area contributed by atoms with Crippen LogP contribution in [0.4, 0.5) is 0 Å². The molecule has 0 aromatic carbocycles. The lowest BCUT2D eigenvalue weighted by Gasteiger charge is -2.35. The number of nitrogens with zero attached hydrogens (tertiary/aromatic N) is 6. The van der Waals surface area contributed by atoms with Gasteiger partial charge in [-0.15, -0.1) is 11.3 Å². The van der Waals surface area contributed by atoms with E-state index in [2.05, 4.69) is 20.1 Å². The van der Waals surface area contributed by atoms with Crippen LogP contribution in [-0.2, 0) is 11.2 Å². The largest absolute Gasteiger partial charge is 0.339 e. The van der Waals surface area contributed by atoms with E-state index in [0.717, 1.165) is 50.4 Å². The number of rotatable bonds is 7. The molecule has 1 aliphatic rings. The summed E-state index contributed by atoms with van der Waals surface area (Å²) in [5, 5.41) is 10.2. The van der Waals surface area contributed by atoms with E-state index in [-0.39, 0.29) is 11.9 Å². The van der Waals surface area contributed by atoms with Crippen molar-refractivity contribution < 1.29 is 9.32 Å². The lowest BCUT2D eigenvalue weighted by molar-refractivity contribution is -0.136. The number of amides is 1. The molecule has 0 bridgehead atoms. The van der Waals surface area contributed by atoms with Crippen LogP contribution in [0.5, 0.6) is 0 Å². The van der Waals surface area contributed by atoms with Crippen LogP contribution in [0.3, 0.4) is 0 Å². The van der Waals surface area contributed by atoms with Crippen LogP contribution in [-0.4, -0.2) is 68.4 Å². The van der Waals surface area contributed by atoms with Gasteiger partial charge in [-0.3, -0.25) is 14.4 Å². The molecule has 0 spiro atoms. The average molecular weight is 401 g/mol. The molecular formula is C19H24N6O2S. The SMILES string of the molecule is CC(C(=O)N1CCN(CCCc2nc(-c3cccs3)no2)CC1)n1cccn1. The second kappa shape index (κ2) is 8.66. The molecular weight excluding hydrogens is 376 g/mol. The summed E-state index contributed by atoms with van der Waals surface area (Å²) in [6, 6.07) is 5.56. The number of aryl methyl sites for hydroxylation is 1. The molecule has 8 nitrogen and oxygen atoms in total. The minimum absolute atomic E-state index is 0.135. The highest BCUT2D eigenvalue weighted by Gasteiger charge is 2.25. The van der Waals surface area contributed by atoms with Gasteiger partial charge in [0.15, 0.2) is 0 Å². The average Bonchev–Trinajstić information content (AvgIpc) is 3.49. The molecule has 4 rings (SSSR count). The highest BCUT2D eigenvalue weighted by molar-refractivity contribution is 7.13. The summed E-state index contributed by atoms with van der Waals surface area (Å²) < 4.78 is 7.07. The van der Waals surface area contributed by atoms with Crippen LogP contribution in [0.2, 0.25) is 0 Å². The molecule has 1 saturated heterocycles. The fourth-order valence-electron chi connectivity index (χ4n) is 3.40. The Bertz CT molecular complexity index is 868. The maximum atomic E-state index is 12.6. The Hall–Kier alpha value is -2.52. The molecule has 4 heterocycles. The monoisotopic (exact) mass is 400 g/mol. The van der Waals surface area contributed by atoms with Crippen molar-refractivity contribution in [3.8, 4) is 10.7 Å². The van der Waals surface area contributed by atoms with Crippen molar-refractivity contribution in [1.82, 2.24) is 29.7 Å². The normalized spacial score (nSPS) is 16.4. The molecule has 148 valence electrons. The lowest BCUT2D eigenvalue weighted by Crippen LogP contribution is -2.50. The van der Waals surface area contributed by atoms with Crippen LogP contribution >= 0.6 is 11.3 Å². The second-order valence-electron chi connectivity index (χ2n) is 6.92. The van der Waals surface area contributed by atoms with Crippen LogP contribution < -0.4 is 0 Å². The first-order valence-electron chi connectivity index (χ1n) is 9.57. The Morgan fingerprint density at radius 2 is 2.14 bits per heavy atom. The third-order valence-corrected chi connectivity index (χ3v) is 5.90. The zero-order valence-corrected chi connectivity index (χ0v) is 16.7. The predicted molar refractivity (Wildman–Crippen MR) is 106 cm³/mol. The smallest absolute Gasteiger partial charge is 0.247 e. The van der Waals surface area contributed by atoms with Crippen molar-refractivity contribution in [2.45, 2.75) is 25.8 Å². The fourth-order valence-corrected chi connectivity index (χ4v) is 4.04. The third-order valence-electron chi connectivity index (χ3n) is 5.04. The van der Waals surface area contributed by atoms with Crippen molar-refractivity contribution in [2.24, 2.45) is 0 Å². The molecule has 1 aliphatic heterocycles. The molecule has 0 N–H and O–H groups in total. The molecule has 3 aromatic heterocycles. The second-order valence-corrected chi connectivity index (χ2v) is 7.87. The van der Waals surface area contributed by atoms with E-state index in [0.29, 0.717) is 11.7 Å². The van der Waals surface area contributed by atoms with Crippen LogP contribution in [0.15, 0.2) is 40.5 Å². The molecule has 0 aliphatic carbocycles. The predicted octanol–water partition coefficient (Wildman–Crippen LogP) is 2.33. The quantitative estimate of drug-likeness (QED) is 0.606. The molecule has 1 unspecified atom stereocenters. The van der Waals surface area contributed by atoms with Gasteiger partial charge in [0.1, 0.15) is 6.04 Å². The van der Waals surface area contributed by atoms with Gasteiger partial charge in [0.25, 0.3) is 0 Å². The van der Waals surface area contributed by atoms with E-state index in [9.17, 15) is 4.79 Å². The number of piperazine rings is 1. The molecule has 28 heavy (non-hydrogen) atoms. The highest BCUT2D eigenvalue weighted by Crippen LogP contribution is 2.21. The Balaban J connectivity index is 1.19. The zero-order valence-electron chi connectivity index (χ0n) is 15.9. The Labute approximate surface area is 167 Å². The van der Waals surface area contributed by atoms with Gasteiger partial charge in [0.05, 0.1) is 4.88 Å². The molecule has 3 aromatic rings. The summed E-state index contributed by atoms with van der Waals surface area (Å²) in [5.74, 6) is 1.49. The van der Waals surface area contributed by atoms with Gasteiger partial charge in [-0.2, -0.15) is 10.1 Å². The van der Waals surface area contributed by atoms with Crippen molar-refractivity contribution in [2.75, 3.05) is 32.7 Å². The number of thiophene rings is 1. The molecule has 1 atom stereocenters. The highest BCUT2D eigenvalue weighted by atomic mass is 32.1. The van der Waals surface area contributed by atoms with Gasteiger partial charge in [-0.25, -0.2) is 0 Å². The summed E-state index contributed by atoms with van der Waals surface area (Å²) in [7, 11) is 0. The Kier molecular flexibility index (Phi) is 5.82. The Morgan fingerprint density at radius 1 is 1.29 bits per heavy atom. The summed E-state index contributed by atoms with van der Waals surface area (Å²) in [6.07, 6.45) is 5.27. The minimum atomic E-state index is -0.253. The van der Waals surface area contributed by atoms with Crippen molar-refractivity contribution in [3.63, 3.8) is 0 Å². The zero-order chi connectivity index (χ0) is 19.3. The number of hydrogen-bond donors (Lipinski definition) is 0. The van der Waals surface area contributed by atoms with E-state index in [4.69, 9.17) is 4.52 Å². The van der Waals surface area contributed by atoms with Crippen LogP contribution in [0.1, 0.15) is 25.3 Å². The first-order valence-corrected chi connectivity index (χ1v) is 10.5. The maximum absolute atomic E-state index is 12.6. The van der Waals surface area contributed by atoms with Gasteiger partial charge in [-0.1, -0.05) is 11.2 Å². The van der Waals surface area contributed by atoms with E-state index >= 15 is 0 Å². The van der Waals surface area contributed by atoms with Gasteiger partial charge in [-0.05, 0) is 37.4 Å². The standard InChI is InChI=1S/C19H24N6O2S/c1-15(25-9-4-7-20-25)19(26)24-12-10-23(11-13-24)8-2-6-17-21-18(22-27-17)16-5-3-14-28-16/h3-5,7,9,14-15H,2,6,8,10-13H2,1H3. The summed E-state index contributed by atoms with van der Waals surface area (Å²) >= 11 is 1.61. The lowest BCUT2D eigenvalue weighted by atomic mass is 10.2. The number of carbonyl (C=O) groups is 1. The molecule has 0 radical (unpaired) electrons. The summed E-state index contributed by atoms with van der Waals surface area (Å²) in [5.41, 5.74) is 0. The number of aromatic nitrogens is 4. The molecule has 9 heteroatoms. The first kappa shape index (κ1) is 18.8. The van der Waals surface area contributed by atoms with Crippen molar-refractivity contribution in [1.29, 1.82) is 0 Å². The van der Waals surface area contributed by atoms with Crippen LogP contribution in [0, 0.1) is 0 Å². The first-order chi connectivity index (χ1) is 13.7. The third kappa shape index (κ3) is 4.31. The maximum Gasteiger partial charge on any atom is 0.247 e. The van der Waals surface area contributed by atoms with Gasteiger partial charge in [0.2, 0.25) is 17.6 Å². The van der Waals surface area contributed by atoms with Gasteiger partial charge >= 0.3 is 0 Å². The summed E-state index contributed by atoms with van der Waals surface area (Å²) in [4.78, 5) is 22.4. The van der Waals surface area contributed by atoms with Crippen LogP contribution in [0.25, 0.3) is 10.7 Å². The van der Waals surface area contributed by atoms with E-state index in [1.807, 2.05) is 41.6 Å². The van der Waals surface area contributed by atoms with E-state index in [1.54, 1.807) is 22.2 Å². The molecule has 0 saturated carbocycles. The van der Waals surface area contributed by atoms with E-state index < -0.39 is 0 Å².